The Kier molecular flexibility index (Phi) is 20.1. The molecule has 0 radical (unpaired) electrons. The Bertz CT molecular complexity index is 2740. The second-order valence-electron chi connectivity index (χ2n) is 18.3. The first-order chi connectivity index (χ1) is 37.9. The normalized spacial score (nSPS) is 25.5. The molecular formula is C58H61NO19. The summed E-state index contributed by atoms with van der Waals surface area (Å²) in [5.74, 6) is -6.11. The van der Waals surface area contributed by atoms with E-state index in [-0.39, 0.29) is 42.1 Å². The molecule has 11 atom stereocenters. The maximum Gasteiger partial charge on any atom is 0.407 e. The summed E-state index contributed by atoms with van der Waals surface area (Å²) in [6.07, 6.45) is -13.8. The highest BCUT2D eigenvalue weighted by Gasteiger charge is 2.60. The summed E-state index contributed by atoms with van der Waals surface area (Å²) < 4.78 is 79.9. The van der Waals surface area contributed by atoms with Gasteiger partial charge in [0, 0.05) is 27.2 Å². The third-order valence-electron chi connectivity index (χ3n) is 12.9. The first-order valence-electron chi connectivity index (χ1n) is 25.4. The lowest BCUT2D eigenvalue weighted by Gasteiger charge is -2.51. The molecule has 0 spiro atoms. The highest BCUT2D eigenvalue weighted by molar-refractivity contribution is 5.91. The van der Waals surface area contributed by atoms with E-state index in [9.17, 15) is 28.8 Å². The van der Waals surface area contributed by atoms with Gasteiger partial charge in [0.05, 0.1) is 36.0 Å². The van der Waals surface area contributed by atoms with Crippen LogP contribution in [0.25, 0.3) is 0 Å². The van der Waals surface area contributed by atoms with Gasteiger partial charge in [-0.15, -0.1) is 0 Å². The van der Waals surface area contributed by atoms with Crippen molar-refractivity contribution in [2.24, 2.45) is 0 Å². The predicted octanol–water partition coefficient (Wildman–Crippen LogP) is 6.79. The number of benzene rings is 5. The molecule has 3 saturated heterocycles. The van der Waals surface area contributed by atoms with Gasteiger partial charge in [-0.25, -0.2) is 28.8 Å². The molecule has 20 heteroatoms. The molecule has 1 N–H and O–H groups in total. The number of unbranched alkanes of at least 4 members (excludes halogenated alkanes) is 2. The summed E-state index contributed by atoms with van der Waals surface area (Å²) >= 11 is 0. The molecule has 3 aliphatic rings. The highest BCUT2D eigenvalue weighted by atomic mass is 16.8. The third-order valence-corrected chi connectivity index (χ3v) is 12.9. The van der Waals surface area contributed by atoms with Crippen LogP contribution in [0.4, 0.5) is 4.79 Å². The largest absolute Gasteiger partial charge is 0.465 e. The van der Waals surface area contributed by atoms with E-state index in [1.54, 1.807) is 84.9 Å². The van der Waals surface area contributed by atoms with Gasteiger partial charge >= 0.3 is 35.9 Å². The van der Waals surface area contributed by atoms with Crippen molar-refractivity contribution in [1.29, 1.82) is 0 Å². The number of fused-ring (bicyclic) bond motifs is 1. The zero-order valence-electron chi connectivity index (χ0n) is 43.1. The lowest BCUT2D eigenvalue weighted by molar-refractivity contribution is -0.396. The summed E-state index contributed by atoms with van der Waals surface area (Å²) in [7, 11) is 2.50. The van der Waals surface area contributed by atoms with Crippen LogP contribution in [0.3, 0.4) is 0 Å². The van der Waals surface area contributed by atoms with E-state index in [0.717, 1.165) is 5.56 Å². The molecule has 3 heterocycles. The van der Waals surface area contributed by atoms with Crippen LogP contribution >= 0.6 is 0 Å². The molecule has 20 nitrogen and oxygen atoms in total. The highest BCUT2D eigenvalue weighted by Crippen LogP contribution is 2.39. The number of ether oxygens (including phenoxy) is 13. The average molecular weight is 1080 g/mol. The van der Waals surface area contributed by atoms with Gasteiger partial charge in [0.1, 0.15) is 43.7 Å². The van der Waals surface area contributed by atoms with Gasteiger partial charge in [-0.3, -0.25) is 0 Å². The number of amides is 1. The van der Waals surface area contributed by atoms with E-state index >= 15 is 0 Å². The Balaban J connectivity index is 1.13. The summed E-state index contributed by atoms with van der Waals surface area (Å²) in [5, 5.41) is 2.74. The quantitative estimate of drug-likeness (QED) is 0.0427. The molecular weight excluding hydrogens is 1010 g/mol. The van der Waals surface area contributed by atoms with Crippen LogP contribution in [0.15, 0.2) is 152 Å². The van der Waals surface area contributed by atoms with Crippen LogP contribution in [0.1, 0.15) is 73.2 Å². The second-order valence-corrected chi connectivity index (χ2v) is 18.3. The van der Waals surface area contributed by atoms with Gasteiger partial charge in [-0.2, -0.15) is 0 Å². The fourth-order valence-corrected chi connectivity index (χ4v) is 8.89. The Labute approximate surface area is 450 Å². The lowest BCUT2D eigenvalue weighted by Crippen LogP contribution is -2.69. The molecule has 0 aliphatic carbocycles. The van der Waals surface area contributed by atoms with Gasteiger partial charge in [-0.05, 0) is 73.4 Å². The van der Waals surface area contributed by atoms with Crippen LogP contribution in [0.5, 0.6) is 0 Å². The Hall–Kier alpha value is -7.56. The van der Waals surface area contributed by atoms with Crippen molar-refractivity contribution < 1.29 is 90.3 Å². The Morgan fingerprint density at radius 3 is 1.62 bits per heavy atom. The number of esters is 5. The van der Waals surface area contributed by atoms with Crippen molar-refractivity contribution in [2.75, 3.05) is 40.6 Å². The van der Waals surface area contributed by atoms with Gasteiger partial charge < -0.3 is 66.9 Å². The average Bonchev–Trinajstić information content (AvgIpc) is 3.68. The van der Waals surface area contributed by atoms with Crippen molar-refractivity contribution >= 4 is 35.9 Å². The topological polar surface area (TPSA) is 234 Å². The van der Waals surface area contributed by atoms with Gasteiger partial charge in [0.2, 0.25) is 0 Å². The first kappa shape index (κ1) is 56.6. The van der Waals surface area contributed by atoms with Gasteiger partial charge in [-0.1, -0.05) is 103 Å². The molecule has 5 aromatic rings. The number of rotatable bonds is 22. The van der Waals surface area contributed by atoms with Crippen molar-refractivity contribution in [3.05, 3.63) is 179 Å². The number of carbonyl (C=O) groups is 6. The van der Waals surface area contributed by atoms with Crippen LogP contribution in [-0.4, -0.2) is 144 Å². The maximum atomic E-state index is 14.3. The number of hydrogen-bond donors (Lipinski definition) is 1. The van der Waals surface area contributed by atoms with E-state index in [1.807, 2.05) is 30.3 Å². The molecule has 5 aromatic carbocycles. The molecule has 412 valence electrons. The van der Waals surface area contributed by atoms with Crippen LogP contribution < -0.4 is 5.32 Å². The molecule has 8 rings (SSSR count). The summed E-state index contributed by atoms with van der Waals surface area (Å²) in [4.78, 5) is 81.8. The molecule has 78 heavy (non-hydrogen) atoms. The van der Waals surface area contributed by atoms with Crippen LogP contribution in [0, 0.1) is 0 Å². The predicted molar refractivity (Wildman–Crippen MR) is 272 cm³/mol. The van der Waals surface area contributed by atoms with Crippen molar-refractivity contribution in [2.45, 2.75) is 100.0 Å². The summed E-state index contributed by atoms with van der Waals surface area (Å²) in [5.41, 5.74) is 1.43. The fraction of sp³-hybridized carbons (Fsp3) is 0.379. The van der Waals surface area contributed by atoms with Crippen LogP contribution in [-0.2, 0) is 73.0 Å². The van der Waals surface area contributed by atoms with E-state index in [4.69, 9.17) is 61.6 Å². The number of alkyl carbamates (subject to hydrolysis) is 1. The summed E-state index contributed by atoms with van der Waals surface area (Å²) in [6.45, 7) is 0.894. The van der Waals surface area contributed by atoms with E-state index < -0.39 is 110 Å². The van der Waals surface area contributed by atoms with Crippen molar-refractivity contribution in [3.63, 3.8) is 0 Å². The number of carbonyl (C=O) groups excluding carboxylic acids is 6. The molecule has 1 amide bonds. The zero-order chi connectivity index (χ0) is 54.9. The molecule has 0 bridgehead atoms. The number of nitrogens with one attached hydrogen (secondary N) is 1. The molecule has 0 aromatic heterocycles. The third kappa shape index (κ3) is 14.7. The molecule has 3 fully saturated rings. The minimum Gasteiger partial charge on any atom is -0.465 e. The molecule has 0 unspecified atom stereocenters. The van der Waals surface area contributed by atoms with E-state index in [1.165, 1.54) is 57.5 Å². The second kappa shape index (κ2) is 27.7. The first-order valence-corrected chi connectivity index (χ1v) is 25.4. The smallest absolute Gasteiger partial charge is 0.407 e. The summed E-state index contributed by atoms with van der Waals surface area (Å²) in [6, 6.07) is 41.5. The molecule has 3 aliphatic heterocycles. The van der Waals surface area contributed by atoms with Crippen molar-refractivity contribution in [3.8, 4) is 0 Å². The van der Waals surface area contributed by atoms with Gasteiger partial charge in [0.15, 0.2) is 30.9 Å². The minimum atomic E-state index is -1.94. The van der Waals surface area contributed by atoms with Gasteiger partial charge in [0.25, 0.3) is 5.79 Å². The monoisotopic (exact) mass is 1080 g/mol. The van der Waals surface area contributed by atoms with E-state index in [0.29, 0.717) is 25.8 Å². The maximum absolute atomic E-state index is 14.3. The molecule has 0 saturated carbocycles. The minimum absolute atomic E-state index is 0.0133. The van der Waals surface area contributed by atoms with Crippen LogP contribution in [0.2, 0.25) is 0 Å². The van der Waals surface area contributed by atoms with E-state index in [2.05, 4.69) is 5.32 Å². The van der Waals surface area contributed by atoms with Crippen molar-refractivity contribution in [1.82, 2.24) is 5.32 Å². The fourth-order valence-electron chi connectivity index (χ4n) is 8.89. The zero-order valence-corrected chi connectivity index (χ0v) is 43.1. The lowest BCUT2D eigenvalue weighted by atomic mass is 9.95. The number of methoxy groups -OCH3 is 2. The Morgan fingerprint density at radius 2 is 1.08 bits per heavy atom. The standard InChI is InChI=1S/C58H61NO19/c1-58(56(64)67-3)71-36-43-45(78-58)46(66-2)48(75-52(62)40-28-16-7-17-29-40)55(73-43)77-47-44(74-51(61)39-26-14-6-15-27-39)42(35-69-50(60)38-24-12-5-13-25-38)72-54(49(47)76-53(63)41-30-18-8-19-31-41)68-33-21-9-20-32-59-57(65)70-34-37-22-10-4-11-23-37/h4-8,10-19,22-31,42-49,54-55H,9,20-21,32-36H2,1-3H3,(H,59,65)/t42-,43-,44-,45-,46+,47+,48-,49-,54-,55+,58+/m1/s1. The number of hydrogen-bond acceptors (Lipinski definition) is 19. The SMILES string of the molecule is COC(=O)[C@@]1(C)OC[C@H]2O[C@@H](O[C@@H]3[C@@H](OC(=O)c4ccccc4)[C@H](OCCCCCNC(=O)OCc4ccccc4)O[C@H](COC(=O)c4ccccc4)[C@H]3OC(=O)c3ccccc3)[C@H](OC(=O)c3ccccc3)[C@@H](OC)[C@@H]2O1. The Morgan fingerprint density at radius 1 is 0.564 bits per heavy atom.